The van der Waals surface area contributed by atoms with Crippen molar-refractivity contribution in [2.24, 2.45) is 0 Å². The van der Waals surface area contributed by atoms with Crippen LogP contribution in [-0.4, -0.2) is 21.0 Å². The summed E-state index contributed by atoms with van der Waals surface area (Å²) in [5.41, 5.74) is 2.84. The zero-order chi connectivity index (χ0) is 18.1. The van der Waals surface area contributed by atoms with Gasteiger partial charge in [0.25, 0.3) is 0 Å². The van der Waals surface area contributed by atoms with Crippen LogP contribution in [0.25, 0.3) is 10.7 Å². The van der Waals surface area contributed by atoms with Crippen molar-refractivity contribution in [3.05, 3.63) is 53.2 Å². The predicted octanol–water partition coefficient (Wildman–Crippen LogP) is 4.40. The molecule has 2 heterocycles. The molecule has 0 radical (unpaired) electrons. The van der Waals surface area contributed by atoms with Crippen LogP contribution in [-0.2, 0) is 24.1 Å². The maximum Gasteiger partial charge on any atom is 0.307 e. The molecular weight excluding hydrogens is 368 g/mol. The minimum Gasteiger partial charge on any atom is -0.481 e. The van der Waals surface area contributed by atoms with Gasteiger partial charge in [-0.2, -0.15) is 4.98 Å². The number of benzene rings is 1. The van der Waals surface area contributed by atoms with Gasteiger partial charge in [0.15, 0.2) is 5.82 Å². The molecule has 1 aliphatic rings. The van der Waals surface area contributed by atoms with Crippen molar-refractivity contribution in [3.8, 4) is 22.3 Å². The number of hydrogen-bond donors (Lipinski definition) is 2. The summed E-state index contributed by atoms with van der Waals surface area (Å²) in [6.45, 7) is 0. The Morgan fingerprint density at radius 1 is 1.15 bits per heavy atom. The number of carbonyl (C=O) groups is 1. The largest absolute Gasteiger partial charge is 0.481 e. The van der Waals surface area contributed by atoms with Crippen molar-refractivity contribution in [3.63, 3.8) is 0 Å². The third kappa shape index (κ3) is 3.59. The topological polar surface area (TPSA) is 72.3 Å². The molecular formula is C19H16N2O3S2. The Balaban J connectivity index is 1.65. The lowest BCUT2D eigenvalue weighted by molar-refractivity contribution is -0.136. The highest BCUT2D eigenvalue weighted by atomic mass is 32.2. The van der Waals surface area contributed by atoms with E-state index in [9.17, 15) is 4.79 Å². The van der Waals surface area contributed by atoms with Crippen LogP contribution in [0.2, 0.25) is 0 Å². The highest BCUT2D eigenvalue weighted by molar-refractivity contribution is 7.83. The molecule has 0 aliphatic heterocycles. The molecule has 1 aromatic carbocycles. The number of ether oxygens (including phenoxy) is 1. The van der Waals surface area contributed by atoms with Crippen molar-refractivity contribution in [1.82, 2.24) is 9.97 Å². The van der Waals surface area contributed by atoms with Crippen LogP contribution in [0.5, 0.6) is 11.6 Å². The second-order valence-corrected chi connectivity index (χ2v) is 7.95. The molecule has 4 rings (SSSR count). The smallest absolute Gasteiger partial charge is 0.307 e. The van der Waals surface area contributed by atoms with E-state index in [-0.39, 0.29) is 6.42 Å². The molecule has 2 aromatic heterocycles. The van der Waals surface area contributed by atoms with Crippen molar-refractivity contribution < 1.29 is 14.6 Å². The first-order valence-electron chi connectivity index (χ1n) is 8.26. The fourth-order valence-corrected chi connectivity index (χ4v) is 4.05. The van der Waals surface area contributed by atoms with Gasteiger partial charge in [0, 0.05) is 5.56 Å². The van der Waals surface area contributed by atoms with Gasteiger partial charge in [-0.25, -0.2) is 4.98 Å². The fourth-order valence-electron chi connectivity index (χ4n) is 3.00. The summed E-state index contributed by atoms with van der Waals surface area (Å²) in [6.07, 6.45) is 2.88. The molecule has 132 valence electrons. The fraction of sp³-hybridized carbons (Fsp3) is 0.211. The zero-order valence-corrected chi connectivity index (χ0v) is 15.5. The van der Waals surface area contributed by atoms with Crippen LogP contribution >= 0.6 is 24.0 Å². The monoisotopic (exact) mass is 384 g/mol. The van der Waals surface area contributed by atoms with E-state index in [4.69, 9.17) is 14.8 Å². The highest BCUT2D eigenvalue weighted by Gasteiger charge is 2.22. The molecule has 0 bridgehead atoms. The van der Waals surface area contributed by atoms with E-state index >= 15 is 0 Å². The maximum absolute atomic E-state index is 10.8. The van der Waals surface area contributed by atoms with E-state index in [0.717, 1.165) is 45.2 Å². The first-order valence-corrected chi connectivity index (χ1v) is 9.52. The van der Waals surface area contributed by atoms with E-state index in [2.05, 4.69) is 17.6 Å². The van der Waals surface area contributed by atoms with Crippen LogP contribution in [0, 0.1) is 0 Å². The van der Waals surface area contributed by atoms with Gasteiger partial charge in [-0.15, -0.1) is 24.0 Å². The molecule has 0 saturated carbocycles. The lowest BCUT2D eigenvalue weighted by Gasteiger charge is -2.11. The summed E-state index contributed by atoms with van der Waals surface area (Å²) in [7, 11) is 0. The predicted molar refractivity (Wildman–Crippen MR) is 102 cm³/mol. The average molecular weight is 384 g/mol. The lowest BCUT2D eigenvalue weighted by atomic mass is 10.1. The second-order valence-electron chi connectivity index (χ2n) is 6.09. The third-order valence-electron chi connectivity index (χ3n) is 4.20. The quantitative estimate of drug-likeness (QED) is 0.638. The number of carboxylic acids is 1. The number of aromatic nitrogens is 2. The Kier molecular flexibility index (Phi) is 4.65. The number of nitrogens with zero attached hydrogens (tertiary/aromatic N) is 2. The Labute approximate surface area is 160 Å². The molecule has 0 atom stereocenters. The molecule has 5 nitrogen and oxygen atoms in total. The van der Waals surface area contributed by atoms with Crippen molar-refractivity contribution in [2.75, 3.05) is 0 Å². The number of hydrogen-bond acceptors (Lipinski definition) is 6. The van der Waals surface area contributed by atoms with E-state index in [1.165, 1.54) is 11.3 Å². The number of carboxylic acid groups (broad SMARTS) is 1. The molecule has 0 saturated heterocycles. The third-order valence-corrected chi connectivity index (χ3v) is 5.51. The normalized spacial score (nSPS) is 12.8. The van der Waals surface area contributed by atoms with Crippen LogP contribution in [0.4, 0.5) is 0 Å². The molecule has 1 N–H and O–H groups in total. The van der Waals surface area contributed by atoms with Gasteiger partial charge in [-0.3, -0.25) is 4.79 Å². The number of thiol groups is 1. The summed E-state index contributed by atoms with van der Waals surface area (Å²) in [6, 6.07) is 11.0. The molecule has 3 aromatic rings. The number of fused-ring (bicyclic) bond motifs is 1. The van der Waals surface area contributed by atoms with E-state index in [1.54, 1.807) is 24.3 Å². The second kappa shape index (κ2) is 7.09. The minimum absolute atomic E-state index is 0.00221. The maximum atomic E-state index is 10.8. The van der Waals surface area contributed by atoms with Gasteiger partial charge < -0.3 is 9.84 Å². The molecule has 1 aliphatic carbocycles. The first-order chi connectivity index (χ1) is 12.6. The SMILES string of the molecule is O=C(O)Cc1ccc(Oc2nc(-c3ccc(S)s3)nc3c2CCC3)cc1. The molecule has 0 unspecified atom stereocenters. The van der Waals surface area contributed by atoms with E-state index in [0.29, 0.717) is 17.5 Å². The Morgan fingerprint density at radius 3 is 2.65 bits per heavy atom. The average Bonchev–Trinajstić information content (AvgIpc) is 3.25. The Hall–Kier alpha value is -2.38. The Bertz CT molecular complexity index is 967. The zero-order valence-electron chi connectivity index (χ0n) is 13.8. The molecule has 0 amide bonds. The van der Waals surface area contributed by atoms with Gasteiger partial charge in [-0.05, 0) is 49.1 Å². The summed E-state index contributed by atoms with van der Waals surface area (Å²) in [5, 5.41) is 8.87. The summed E-state index contributed by atoms with van der Waals surface area (Å²) < 4.78 is 6.95. The van der Waals surface area contributed by atoms with Crippen molar-refractivity contribution >= 4 is 29.9 Å². The summed E-state index contributed by atoms with van der Waals surface area (Å²) in [4.78, 5) is 21.1. The molecule has 7 heteroatoms. The minimum atomic E-state index is -0.851. The van der Waals surface area contributed by atoms with Crippen LogP contribution < -0.4 is 4.74 Å². The number of rotatable bonds is 5. The number of thiophene rings is 1. The first kappa shape index (κ1) is 17.1. The standard InChI is InChI=1S/C19H16N2O3S2/c22-16(23)10-11-4-6-12(7-5-11)24-19-13-2-1-3-14(13)20-18(21-19)15-8-9-17(25)26-15/h4-9,25H,1-3,10H2,(H,22,23). The van der Waals surface area contributed by atoms with Crippen LogP contribution in [0.1, 0.15) is 23.2 Å². The van der Waals surface area contributed by atoms with Crippen molar-refractivity contribution in [2.45, 2.75) is 29.9 Å². The number of aliphatic carboxylic acids is 1. The van der Waals surface area contributed by atoms with Gasteiger partial charge in [0.2, 0.25) is 5.88 Å². The molecule has 0 fully saturated rings. The van der Waals surface area contributed by atoms with Gasteiger partial charge in [0.1, 0.15) is 5.75 Å². The summed E-state index contributed by atoms with van der Waals surface area (Å²) in [5.74, 6) is 1.03. The van der Waals surface area contributed by atoms with Crippen LogP contribution in [0.15, 0.2) is 40.6 Å². The summed E-state index contributed by atoms with van der Waals surface area (Å²) >= 11 is 5.90. The number of aryl methyl sites for hydroxylation is 1. The van der Waals surface area contributed by atoms with Crippen molar-refractivity contribution in [1.29, 1.82) is 0 Å². The van der Waals surface area contributed by atoms with Gasteiger partial charge >= 0.3 is 5.97 Å². The van der Waals surface area contributed by atoms with Gasteiger partial charge in [0.05, 0.1) is 21.2 Å². The Morgan fingerprint density at radius 2 is 1.96 bits per heavy atom. The van der Waals surface area contributed by atoms with E-state index < -0.39 is 5.97 Å². The van der Waals surface area contributed by atoms with E-state index in [1.807, 2.05) is 12.1 Å². The van der Waals surface area contributed by atoms with Gasteiger partial charge in [-0.1, -0.05) is 12.1 Å². The highest BCUT2D eigenvalue weighted by Crippen LogP contribution is 2.35. The molecule has 0 spiro atoms. The molecule has 26 heavy (non-hydrogen) atoms. The van der Waals surface area contributed by atoms with Crippen LogP contribution in [0.3, 0.4) is 0 Å². The lowest BCUT2D eigenvalue weighted by Crippen LogP contribution is -2.01.